The third-order valence-electron chi connectivity index (χ3n) is 5.28. The maximum atomic E-state index is 12.4. The molecule has 6 nitrogen and oxygen atoms in total. The van der Waals surface area contributed by atoms with Crippen LogP contribution in [0.2, 0.25) is 0 Å². The molecule has 0 spiro atoms. The fraction of sp³-hybridized carbons (Fsp3) is 0.333. The van der Waals surface area contributed by atoms with Crippen molar-refractivity contribution in [1.82, 2.24) is 4.57 Å². The summed E-state index contributed by atoms with van der Waals surface area (Å²) in [6, 6.07) is 7.05. The van der Waals surface area contributed by atoms with Crippen molar-refractivity contribution in [3.8, 4) is 17.2 Å². The molecule has 3 aromatic rings. The highest BCUT2D eigenvalue weighted by Gasteiger charge is 2.36. The van der Waals surface area contributed by atoms with Gasteiger partial charge in [-0.15, -0.1) is 0 Å². The summed E-state index contributed by atoms with van der Waals surface area (Å²) in [5.41, 5.74) is 1.45. The molecule has 27 heavy (non-hydrogen) atoms. The minimum atomic E-state index is -1.22. The zero-order valence-corrected chi connectivity index (χ0v) is 15.7. The molecule has 0 unspecified atom stereocenters. The molecule has 2 aromatic heterocycles. The van der Waals surface area contributed by atoms with Gasteiger partial charge in [-0.25, -0.2) is 4.79 Å². The lowest BCUT2D eigenvalue weighted by Crippen LogP contribution is -2.32. The number of benzene rings is 1. The Morgan fingerprint density at radius 3 is 2.67 bits per heavy atom. The molecule has 0 aliphatic carbocycles. The maximum Gasteiger partial charge on any atom is 0.341 e. The van der Waals surface area contributed by atoms with Gasteiger partial charge in [0.05, 0.1) is 12.8 Å². The van der Waals surface area contributed by atoms with Crippen LogP contribution < -0.4 is 10.2 Å². The van der Waals surface area contributed by atoms with Crippen LogP contribution in [0.1, 0.15) is 42.7 Å². The average Bonchev–Trinajstić information content (AvgIpc) is 2.97. The number of carbonyl (C=O) groups is 1. The van der Waals surface area contributed by atoms with Gasteiger partial charge in [-0.05, 0) is 24.0 Å². The zero-order valence-electron chi connectivity index (χ0n) is 15.7. The largest absolute Gasteiger partial charge is 0.497 e. The van der Waals surface area contributed by atoms with Gasteiger partial charge < -0.3 is 18.8 Å². The lowest BCUT2D eigenvalue weighted by molar-refractivity contribution is 0.0693. The Bertz CT molecular complexity index is 1130. The highest BCUT2D eigenvalue weighted by Crippen LogP contribution is 2.46. The van der Waals surface area contributed by atoms with Crippen LogP contribution in [0, 0.1) is 5.41 Å². The molecule has 1 aliphatic heterocycles. The lowest BCUT2D eigenvalue weighted by atomic mass is 9.80. The second-order valence-electron chi connectivity index (χ2n) is 8.01. The fourth-order valence-electron chi connectivity index (χ4n) is 3.83. The van der Waals surface area contributed by atoms with E-state index < -0.39 is 11.4 Å². The number of furan rings is 1. The molecule has 0 fully saturated rings. The molecule has 0 saturated carbocycles. The van der Waals surface area contributed by atoms with Crippen molar-refractivity contribution in [3.05, 3.63) is 51.8 Å². The van der Waals surface area contributed by atoms with E-state index >= 15 is 0 Å². The van der Waals surface area contributed by atoms with Gasteiger partial charge in [0.15, 0.2) is 11.2 Å². The minimum Gasteiger partial charge on any atom is -0.497 e. The second kappa shape index (κ2) is 5.74. The van der Waals surface area contributed by atoms with E-state index in [9.17, 15) is 14.7 Å². The Balaban J connectivity index is 2.04. The lowest BCUT2D eigenvalue weighted by Gasteiger charge is -2.37. The number of ether oxygens (including phenoxy) is 1. The topological polar surface area (TPSA) is 81.7 Å². The van der Waals surface area contributed by atoms with Gasteiger partial charge in [0, 0.05) is 35.3 Å². The van der Waals surface area contributed by atoms with Crippen LogP contribution in [0.15, 0.2) is 39.7 Å². The van der Waals surface area contributed by atoms with Crippen LogP contribution in [0.3, 0.4) is 0 Å². The second-order valence-corrected chi connectivity index (χ2v) is 8.01. The summed E-state index contributed by atoms with van der Waals surface area (Å²) >= 11 is 0. The maximum absolute atomic E-state index is 12.4. The highest BCUT2D eigenvalue weighted by molar-refractivity contribution is 5.90. The Kier molecular flexibility index (Phi) is 3.70. The van der Waals surface area contributed by atoms with Crippen LogP contribution in [0.25, 0.3) is 22.4 Å². The molecule has 3 heterocycles. The van der Waals surface area contributed by atoms with Gasteiger partial charge in [-0.1, -0.05) is 20.8 Å². The van der Waals surface area contributed by atoms with E-state index in [1.165, 1.54) is 12.3 Å². The first-order valence-electron chi connectivity index (χ1n) is 8.80. The fourth-order valence-corrected chi connectivity index (χ4v) is 3.83. The van der Waals surface area contributed by atoms with Crippen LogP contribution in [-0.2, 0) is 6.42 Å². The quantitative estimate of drug-likeness (QED) is 0.737. The molecule has 1 atom stereocenters. The van der Waals surface area contributed by atoms with E-state index in [0.717, 1.165) is 10.9 Å². The van der Waals surface area contributed by atoms with Crippen LogP contribution in [-0.4, -0.2) is 22.8 Å². The molecule has 1 N–H and O–H groups in total. The number of hydrogen-bond donors (Lipinski definition) is 1. The first kappa shape index (κ1) is 17.4. The van der Waals surface area contributed by atoms with E-state index in [4.69, 9.17) is 9.15 Å². The number of pyridine rings is 1. The summed E-state index contributed by atoms with van der Waals surface area (Å²) in [4.78, 5) is 23.8. The highest BCUT2D eigenvalue weighted by atomic mass is 16.5. The molecule has 0 saturated heterocycles. The smallest absolute Gasteiger partial charge is 0.341 e. The van der Waals surface area contributed by atoms with Gasteiger partial charge in [0.1, 0.15) is 16.9 Å². The molecule has 0 radical (unpaired) electrons. The monoisotopic (exact) mass is 367 g/mol. The SMILES string of the molecule is COc1ccc2c3c(oc2c1)-c1cc(=O)c(C(=O)O)cn1[C@H](C(C)(C)C)C3. The summed E-state index contributed by atoms with van der Waals surface area (Å²) < 4.78 is 13.3. The summed E-state index contributed by atoms with van der Waals surface area (Å²) in [5.74, 6) is 0.0930. The van der Waals surface area contributed by atoms with Gasteiger partial charge in [0.2, 0.25) is 0 Å². The third kappa shape index (κ3) is 2.63. The number of carboxylic acids is 1. The van der Waals surface area contributed by atoms with Crippen molar-refractivity contribution >= 4 is 16.9 Å². The van der Waals surface area contributed by atoms with Gasteiger partial charge in [-0.3, -0.25) is 4.79 Å². The van der Waals surface area contributed by atoms with E-state index in [-0.39, 0.29) is 17.0 Å². The molecular weight excluding hydrogens is 346 g/mol. The minimum absolute atomic E-state index is 0.0124. The Labute approximate surface area is 156 Å². The number of carboxylic acid groups (broad SMARTS) is 1. The summed E-state index contributed by atoms with van der Waals surface area (Å²) in [5, 5.41) is 10.4. The number of aromatic nitrogens is 1. The average molecular weight is 367 g/mol. The third-order valence-corrected chi connectivity index (χ3v) is 5.28. The Morgan fingerprint density at radius 1 is 1.30 bits per heavy atom. The molecular formula is C21H21NO5. The van der Waals surface area contributed by atoms with Gasteiger partial charge in [0.25, 0.3) is 0 Å². The van der Waals surface area contributed by atoms with Crippen molar-refractivity contribution < 1.29 is 19.1 Å². The molecule has 1 aromatic carbocycles. The van der Waals surface area contributed by atoms with E-state index in [1.54, 1.807) is 7.11 Å². The van der Waals surface area contributed by atoms with Crippen molar-refractivity contribution in [1.29, 1.82) is 0 Å². The van der Waals surface area contributed by atoms with Crippen molar-refractivity contribution in [2.75, 3.05) is 7.11 Å². The van der Waals surface area contributed by atoms with E-state index in [1.807, 2.05) is 22.8 Å². The number of aromatic carboxylic acids is 1. The predicted octanol–water partition coefficient (Wildman–Crippen LogP) is 4.11. The Hall–Kier alpha value is -3.02. The first-order chi connectivity index (χ1) is 12.7. The number of hydrogen-bond acceptors (Lipinski definition) is 4. The first-order valence-corrected chi connectivity index (χ1v) is 8.80. The molecule has 140 valence electrons. The normalized spacial score (nSPS) is 16.1. The molecule has 4 rings (SSSR count). The van der Waals surface area contributed by atoms with Crippen LogP contribution >= 0.6 is 0 Å². The van der Waals surface area contributed by atoms with Crippen LogP contribution in [0.5, 0.6) is 5.75 Å². The summed E-state index contributed by atoms with van der Waals surface area (Å²) in [6.07, 6.45) is 2.14. The van der Waals surface area contributed by atoms with Gasteiger partial charge >= 0.3 is 5.97 Å². The number of fused-ring (bicyclic) bond motifs is 5. The van der Waals surface area contributed by atoms with Crippen molar-refractivity contribution in [2.45, 2.75) is 33.2 Å². The molecule has 0 amide bonds. The number of rotatable bonds is 2. The Morgan fingerprint density at radius 2 is 2.04 bits per heavy atom. The number of methoxy groups -OCH3 is 1. The summed E-state index contributed by atoms with van der Waals surface area (Å²) in [7, 11) is 1.60. The van der Waals surface area contributed by atoms with Crippen molar-refractivity contribution in [2.24, 2.45) is 5.41 Å². The number of nitrogens with zero attached hydrogens (tertiary/aromatic N) is 1. The zero-order chi connectivity index (χ0) is 19.5. The van der Waals surface area contributed by atoms with E-state index in [2.05, 4.69) is 20.8 Å². The standard InChI is InChI=1S/C21H21NO5/c1-21(2,3)18-8-13-12-6-5-11(26-4)7-17(12)27-19(13)15-9-16(23)14(20(24)25)10-22(15)18/h5-7,9-10,18H,8H2,1-4H3,(H,24,25)/t18-/m0/s1. The summed E-state index contributed by atoms with van der Waals surface area (Å²) in [6.45, 7) is 6.32. The van der Waals surface area contributed by atoms with Crippen LogP contribution in [0.4, 0.5) is 0 Å². The van der Waals surface area contributed by atoms with Crippen molar-refractivity contribution in [3.63, 3.8) is 0 Å². The molecule has 0 bridgehead atoms. The molecule has 1 aliphatic rings. The van der Waals surface area contributed by atoms with Gasteiger partial charge in [-0.2, -0.15) is 0 Å². The predicted molar refractivity (Wildman–Crippen MR) is 102 cm³/mol. The van der Waals surface area contributed by atoms with E-state index in [0.29, 0.717) is 29.2 Å². The molecule has 6 heteroatoms.